The van der Waals surface area contributed by atoms with E-state index in [0.717, 1.165) is 19.6 Å². The number of benzene rings is 1. The van der Waals surface area contributed by atoms with E-state index < -0.39 is 0 Å². The van der Waals surface area contributed by atoms with Crippen molar-refractivity contribution in [2.75, 3.05) is 26.2 Å². The van der Waals surface area contributed by atoms with Crippen LogP contribution in [0.2, 0.25) is 0 Å². The predicted octanol–water partition coefficient (Wildman–Crippen LogP) is 2.92. The first-order chi connectivity index (χ1) is 12.2. The Morgan fingerprint density at radius 3 is 2.60 bits per heavy atom. The van der Waals surface area contributed by atoms with Crippen LogP contribution in [0.5, 0.6) is 0 Å². The number of amides is 1. The molecular weight excluding hydrogens is 310 g/mol. The Bertz CT molecular complexity index is 548. The number of piperidine rings is 1. The lowest BCUT2D eigenvalue weighted by Gasteiger charge is -2.28. The molecule has 0 aromatic heterocycles. The fourth-order valence-corrected chi connectivity index (χ4v) is 4.20. The highest BCUT2D eigenvalue weighted by molar-refractivity contribution is 5.76. The highest BCUT2D eigenvalue weighted by atomic mass is 16.1. The van der Waals surface area contributed by atoms with Gasteiger partial charge in [0.25, 0.3) is 0 Å². The van der Waals surface area contributed by atoms with Crippen molar-refractivity contribution in [3.63, 3.8) is 0 Å². The van der Waals surface area contributed by atoms with Gasteiger partial charge in [-0.2, -0.15) is 0 Å². The second-order valence-corrected chi connectivity index (χ2v) is 7.80. The summed E-state index contributed by atoms with van der Waals surface area (Å²) in [7, 11) is 0. The lowest BCUT2D eigenvalue weighted by molar-refractivity contribution is -0.122. The molecule has 2 heterocycles. The van der Waals surface area contributed by atoms with Crippen molar-refractivity contribution in [3.05, 3.63) is 35.4 Å². The van der Waals surface area contributed by atoms with E-state index in [2.05, 4.69) is 46.7 Å². The summed E-state index contributed by atoms with van der Waals surface area (Å²) >= 11 is 0. The Labute approximate surface area is 152 Å². The smallest absolute Gasteiger partial charge is 0.220 e. The van der Waals surface area contributed by atoms with Crippen molar-refractivity contribution >= 4 is 5.91 Å². The zero-order valence-electron chi connectivity index (χ0n) is 15.6. The van der Waals surface area contributed by atoms with Crippen molar-refractivity contribution in [1.82, 2.24) is 15.5 Å². The average molecular weight is 344 g/mol. The summed E-state index contributed by atoms with van der Waals surface area (Å²) in [5.41, 5.74) is 2.62. The van der Waals surface area contributed by atoms with Gasteiger partial charge in [0, 0.05) is 19.5 Å². The maximum Gasteiger partial charge on any atom is 0.220 e. The number of likely N-dealkylation sites (tertiary alicyclic amines) is 1. The summed E-state index contributed by atoms with van der Waals surface area (Å²) < 4.78 is 0. The van der Waals surface area contributed by atoms with Crippen molar-refractivity contribution in [2.45, 2.75) is 52.1 Å². The number of carbonyl (C=O) groups is 1. The molecule has 0 aliphatic carbocycles. The number of nitrogens with one attached hydrogen (secondary N) is 2. The van der Waals surface area contributed by atoms with Crippen LogP contribution in [0, 0.1) is 11.8 Å². The summed E-state index contributed by atoms with van der Waals surface area (Å²) in [6.45, 7) is 8.50. The van der Waals surface area contributed by atoms with Gasteiger partial charge in [-0.1, -0.05) is 31.2 Å². The molecule has 1 atom stereocenters. The largest absolute Gasteiger partial charge is 0.352 e. The molecule has 4 nitrogen and oxygen atoms in total. The monoisotopic (exact) mass is 343 g/mol. The fraction of sp³-hybridized carbons (Fsp3) is 0.667. The zero-order chi connectivity index (χ0) is 17.5. The third kappa shape index (κ3) is 5.55. The first kappa shape index (κ1) is 18.4. The van der Waals surface area contributed by atoms with E-state index in [1.54, 1.807) is 0 Å². The van der Waals surface area contributed by atoms with Gasteiger partial charge < -0.3 is 10.6 Å². The number of hydrogen-bond donors (Lipinski definition) is 2. The van der Waals surface area contributed by atoms with Crippen LogP contribution in [-0.4, -0.2) is 37.0 Å². The van der Waals surface area contributed by atoms with Gasteiger partial charge in [-0.05, 0) is 74.8 Å². The van der Waals surface area contributed by atoms with E-state index in [1.807, 2.05) is 0 Å². The van der Waals surface area contributed by atoms with Crippen LogP contribution in [-0.2, 0) is 17.9 Å². The lowest BCUT2D eigenvalue weighted by atomic mass is 9.84. The number of hydrogen-bond acceptors (Lipinski definition) is 3. The Hall–Kier alpha value is -1.39. The molecule has 2 saturated heterocycles. The summed E-state index contributed by atoms with van der Waals surface area (Å²) in [4.78, 5) is 14.9. The first-order valence-corrected chi connectivity index (χ1v) is 9.99. The van der Waals surface area contributed by atoms with Crippen LogP contribution in [0.15, 0.2) is 24.3 Å². The molecule has 2 aliphatic heterocycles. The molecule has 0 bridgehead atoms. The van der Waals surface area contributed by atoms with Gasteiger partial charge in [-0.25, -0.2) is 0 Å². The molecule has 25 heavy (non-hydrogen) atoms. The van der Waals surface area contributed by atoms with E-state index >= 15 is 0 Å². The van der Waals surface area contributed by atoms with E-state index in [-0.39, 0.29) is 5.91 Å². The number of rotatable bonds is 7. The molecule has 1 aromatic carbocycles. The van der Waals surface area contributed by atoms with Gasteiger partial charge in [0.05, 0.1) is 0 Å². The number of carbonyl (C=O) groups excluding carboxylic acids is 1. The van der Waals surface area contributed by atoms with E-state index in [4.69, 9.17) is 0 Å². The molecule has 2 N–H and O–H groups in total. The summed E-state index contributed by atoms with van der Waals surface area (Å²) in [6, 6.07) is 8.54. The lowest BCUT2D eigenvalue weighted by Crippen LogP contribution is -2.33. The van der Waals surface area contributed by atoms with Crippen molar-refractivity contribution in [2.24, 2.45) is 11.8 Å². The maximum atomic E-state index is 12.4. The van der Waals surface area contributed by atoms with Crippen molar-refractivity contribution in [1.29, 1.82) is 0 Å². The molecule has 2 fully saturated rings. The van der Waals surface area contributed by atoms with E-state index in [9.17, 15) is 4.79 Å². The highest BCUT2D eigenvalue weighted by Gasteiger charge is 2.22. The summed E-state index contributed by atoms with van der Waals surface area (Å²) in [6.07, 6.45) is 5.68. The van der Waals surface area contributed by atoms with Crippen molar-refractivity contribution < 1.29 is 4.79 Å². The topological polar surface area (TPSA) is 44.4 Å². The third-order valence-electron chi connectivity index (χ3n) is 5.88. The zero-order valence-corrected chi connectivity index (χ0v) is 15.6. The van der Waals surface area contributed by atoms with Crippen LogP contribution in [0.1, 0.15) is 50.2 Å². The third-order valence-corrected chi connectivity index (χ3v) is 5.88. The second-order valence-electron chi connectivity index (χ2n) is 7.80. The van der Waals surface area contributed by atoms with Gasteiger partial charge in [0.2, 0.25) is 5.91 Å². The molecular formula is C21H33N3O. The molecule has 1 aromatic rings. The SMILES string of the molecule is CC(CC(=O)NCc1ccccc1CN1CCCC1)C1CCNCC1. The average Bonchev–Trinajstić information content (AvgIpc) is 3.15. The van der Waals surface area contributed by atoms with Gasteiger partial charge in [0.15, 0.2) is 0 Å². The van der Waals surface area contributed by atoms with Crippen LogP contribution in [0.4, 0.5) is 0 Å². The van der Waals surface area contributed by atoms with Crippen LogP contribution in [0.3, 0.4) is 0 Å². The standard InChI is InChI=1S/C21H33N3O/c1-17(18-8-10-22-11-9-18)14-21(25)23-15-19-6-2-3-7-20(19)16-24-12-4-5-13-24/h2-3,6-7,17-18,22H,4-5,8-16H2,1H3,(H,23,25). The van der Waals surface area contributed by atoms with Crippen molar-refractivity contribution in [3.8, 4) is 0 Å². The predicted molar refractivity (Wildman–Crippen MR) is 102 cm³/mol. The molecule has 0 saturated carbocycles. The van der Waals surface area contributed by atoms with Gasteiger partial charge in [-0.3, -0.25) is 9.69 Å². The van der Waals surface area contributed by atoms with Gasteiger partial charge in [-0.15, -0.1) is 0 Å². The van der Waals surface area contributed by atoms with E-state index in [0.29, 0.717) is 24.8 Å². The summed E-state index contributed by atoms with van der Waals surface area (Å²) in [5.74, 6) is 1.36. The Kier molecular flexibility index (Phi) is 6.88. The molecule has 3 rings (SSSR count). The van der Waals surface area contributed by atoms with Gasteiger partial charge >= 0.3 is 0 Å². The normalized spacial score (nSPS) is 20.5. The summed E-state index contributed by atoms with van der Waals surface area (Å²) in [5, 5.41) is 6.56. The molecule has 0 radical (unpaired) electrons. The number of nitrogens with zero attached hydrogens (tertiary/aromatic N) is 1. The fourth-order valence-electron chi connectivity index (χ4n) is 4.20. The highest BCUT2D eigenvalue weighted by Crippen LogP contribution is 2.24. The van der Waals surface area contributed by atoms with Crippen LogP contribution in [0.25, 0.3) is 0 Å². The quantitative estimate of drug-likeness (QED) is 0.800. The van der Waals surface area contributed by atoms with Gasteiger partial charge in [0.1, 0.15) is 0 Å². The molecule has 4 heteroatoms. The van der Waals surface area contributed by atoms with E-state index in [1.165, 1.54) is 49.9 Å². The molecule has 1 amide bonds. The minimum absolute atomic E-state index is 0.196. The molecule has 0 spiro atoms. The van der Waals surface area contributed by atoms with Crippen LogP contribution < -0.4 is 10.6 Å². The Morgan fingerprint density at radius 2 is 1.88 bits per heavy atom. The molecule has 1 unspecified atom stereocenters. The molecule has 138 valence electrons. The minimum Gasteiger partial charge on any atom is -0.352 e. The Balaban J connectivity index is 1.48. The first-order valence-electron chi connectivity index (χ1n) is 9.99. The maximum absolute atomic E-state index is 12.4. The van der Waals surface area contributed by atoms with Crippen LogP contribution >= 0.6 is 0 Å². The molecule has 2 aliphatic rings. The second kappa shape index (κ2) is 9.35. The minimum atomic E-state index is 0.196. The Morgan fingerprint density at radius 1 is 1.20 bits per heavy atom.